The monoisotopic (exact) mass is 674 g/mol. The summed E-state index contributed by atoms with van der Waals surface area (Å²) in [5.74, 6) is -0.292. The average Bonchev–Trinajstić information content (AvgIpc) is 3.19. The molecule has 2 N–H and O–H groups in total. The second-order valence-electron chi connectivity index (χ2n) is 11.5. The van der Waals surface area contributed by atoms with Crippen LogP contribution < -0.4 is 10.6 Å². The van der Waals surface area contributed by atoms with Gasteiger partial charge in [-0.05, 0) is 100 Å². The number of rotatable bonds is 8. The van der Waals surface area contributed by atoms with Crippen LogP contribution in [0.25, 0.3) is 22.3 Å². The lowest BCUT2D eigenvalue weighted by atomic mass is 9.96. The minimum atomic E-state index is -0.152. The number of nitriles is 4. The summed E-state index contributed by atoms with van der Waals surface area (Å²) in [7, 11) is 0. The van der Waals surface area contributed by atoms with Crippen molar-refractivity contribution in [2.45, 2.75) is 12.8 Å². The number of hydrogen-bond donors (Lipinski definition) is 2. The molecule has 0 aliphatic rings. The molecule has 0 aromatic heterocycles. The van der Waals surface area contributed by atoms with Crippen LogP contribution in [0.15, 0.2) is 146 Å². The predicted molar refractivity (Wildman–Crippen MR) is 200 cm³/mol. The van der Waals surface area contributed by atoms with Gasteiger partial charge in [0.05, 0.1) is 59.4 Å². The van der Waals surface area contributed by atoms with E-state index in [1.807, 2.05) is 84.9 Å². The van der Waals surface area contributed by atoms with Crippen LogP contribution in [0.1, 0.15) is 33.4 Å². The molecule has 6 aromatic rings. The third-order valence-electron chi connectivity index (χ3n) is 7.94. The van der Waals surface area contributed by atoms with Gasteiger partial charge in [0.25, 0.3) is 0 Å². The zero-order valence-corrected chi connectivity index (χ0v) is 27.9. The van der Waals surface area contributed by atoms with Crippen molar-refractivity contribution in [1.29, 1.82) is 21.0 Å². The van der Waals surface area contributed by atoms with Crippen LogP contribution in [0, 0.1) is 45.3 Å². The van der Waals surface area contributed by atoms with Crippen LogP contribution >= 0.6 is 0 Å². The average molecular weight is 675 g/mol. The number of hydrogen-bond acceptors (Lipinski definition) is 6. The quantitative estimate of drug-likeness (QED) is 0.165. The number of benzene rings is 6. The summed E-state index contributed by atoms with van der Waals surface area (Å²) in [5, 5.41) is 41.5. The number of nitrogens with one attached hydrogen (secondary N) is 2. The molecule has 8 heteroatoms. The van der Waals surface area contributed by atoms with E-state index in [1.165, 1.54) is 0 Å². The molecule has 0 spiro atoms. The van der Waals surface area contributed by atoms with Gasteiger partial charge >= 0.3 is 0 Å². The highest BCUT2D eigenvalue weighted by atomic mass is 16.2. The molecule has 0 aliphatic heterocycles. The Hall–Kier alpha value is -7.78. The van der Waals surface area contributed by atoms with Crippen molar-refractivity contribution >= 4 is 23.2 Å². The van der Waals surface area contributed by atoms with Gasteiger partial charge in [0.1, 0.15) is 0 Å². The van der Waals surface area contributed by atoms with Crippen LogP contribution in [0.5, 0.6) is 0 Å². The zero-order valence-electron chi connectivity index (χ0n) is 27.9. The standard InChI is InChI=1S/2C22H15N3O/c23-14-16-8-10-18(11-9-16)21-7-2-1-5-19(21)13-22(26)25-20-6-3-4-17(12-20)15-24;23-14-16-8-10-20(11-9-16)25-22(26)13-19-5-1-2-7-21(19)18-6-3-4-17(12-18)15-24/h2*1-12H,13H2,(H,25,26). The molecule has 52 heavy (non-hydrogen) atoms. The van der Waals surface area contributed by atoms with Gasteiger partial charge in [0.15, 0.2) is 0 Å². The Morgan fingerprint density at radius 3 is 1.44 bits per heavy atom. The lowest BCUT2D eigenvalue weighted by Crippen LogP contribution is -2.15. The lowest BCUT2D eigenvalue weighted by molar-refractivity contribution is -0.116. The molecule has 0 saturated carbocycles. The number of carbonyl (C=O) groups excluding carboxylic acids is 2. The second-order valence-corrected chi connectivity index (χ2v) is 11.5. The molecule has 0 fully saturated rings. The summed E-state index contributed by atoms with van der Waals surface area (Å²) in [6.07, 6.45) is 0.430. The topological polar surface area (TPSA) is 153 Å². The highest BCUT2D eigenvalue weighted by Gasteiger charge is 2.12. The highest BCUT2D eigenvalue weighted by molar-refractivity contribution is 5.94. The van der Waals surface area contributed by atoms with Crippen LogP contribution in [0.2, 0.25) is 0 Å². The molecule has 2 amide bonds. The number of carbonyl (C=O) groups is 2. The molecule has 0 bridgehead atoms. The van der Waals surface area contributed by atoms with E-state index in [1.54, 1.807) is 66.7 Å². The zero-order chi connectivity index (χ0) is 36.7. The number of anilines is 2. The Morgan fingerprint density at radius 1 is 0.423 bits per heavy atom. The summed E-state index contributed by atoms with van der Waals surface area (Å²) in [4.78, 5) is 24.8. The first-order chi connectivity index (χ1) is 25.4. The van der Waals surface area contributed by atoms with E-state index in [4.69, 9.17) is 21.0 Å². The Bertz CT molecular complexity index is 2390. The van der Waals surface area contributed by atoms with E-state index in [-0.39, 0.29) is 24.7 Å². The van der Waals surface area contributed by atoms with E-state index in [9.17, 15) is 9.59 Å². The van der Waals surface area contributed by atoms with Crippen LogP contribution in [-0.4, -0.2) is 11.8 Å². The van der Waals surface area contributed by atoms with Crippen molar-refractivity contribution in [3.63, 3.8) is 0 Å². The normalized spacial score (nSPS) is 9.77. The number of amides is 2. The van der Waals surface area contributed by atoms with E-state index in [2.05, 4.69) is 28.8 Å². The third-order valence-corrected chi connectivity index (χ3v) is 7.94. The van der Waals surface area contributed by atoms with Gasteiger partial charge in [-0.15, -0.1) is 0 Å². The van der Waals surface area contributed by atoms with Crippen molar-refractivity contribution in [1.82, 2.24) is 0 Å². The first kappa shape index (κ1) is 35.5. The van der Waals surface area contributed by atoms with Crippen LogP contribution in [0.3, 0.4) is 0 Å². The third kappa shape index (κ3) is 9.65. The molecule has 0 radical (unpaired) electrons. The second kappa shape index (κ2) is 17.6. The van der Waals surface area contributed by atoms with Crippen LogP contribution in [0.4, 0.5) is 11.4 Å². The molecule has 0 atom stereocenters. The Labute approximate surface area is 302 Å². The fourth-order valence-corrected chi connectivity index (χ4v) is 5.44. The molecule has 248 valence electrons. The first-order valence-electron chi connectivity index (χ1n) is 16.2. The summed E-state index contributed by atoms with van der Waals surface area (Å²) < 4.78 is 0. The Kier molecular flexibility index (Phi) is 12.0. The van der Waals surface area contributed by atoms with Gasteiger partial charge in [-0.2, -0.15) is 21.0 Å². The van der Waals surface area contributed by atoms with Gasteiger partial charge in [-0.3, -0.25) is 9.59 Å². The highest BCUT2D eigenvalue weighted by Crippen LogP contribution is 2.26. The SMILES string of the molecule is N#Cc1ccc(-c2ccccc2CC(=O)Nc2cccc(C#N)c2)cc1.N#Cc1ccc(NC(=O)Cc2ccccc2-c2cccc(C#N)c2)cc1. The Morgan fingerprint density at radius 2 is 0.885 bits per heavy atom. The lowest BCUT2D eigenvalue weighted by Gasteiger charge is -2.11. The molecule has 6 rings (SSSR count). The Balaban J connectivity index is 0.000000201. The molecule has 0 saturated heterocycles. The van der Waals surface area contributed by atoms with Crippen molar-refractivity contribution in [3.8, 4) is 46.5 Å². The summed E-state index contributed by atoms with van der Waals surface area (Å²) in [6.45, 7) is 0. The fourth-order valence-electron chi connectivity index (χ4n) is 5.44. The molecule has 0 unspecified atom stereocenters. The molecular weight excluding hydrogens is 645 g/mol. The van der Waals surface area contributed by atoms with Gasteiger partial charge in [-0.25, -0.2) is 0 Å². The molecule has 0 heterocycles. The van der Waals surface area contributed by atoms with Gasteiger partial charge in [0, 0.05) is 11.4 Å². The van der Waals surface area contributed by atoms with Crippen LogP contribution in [-0.2, 0) is 22.4 Å². The smallest absolute Gasteiger partial charge is 0.228 e. The van der Waals surface area contributed by atoms with Gasteiger partial charge in [0.2, 0.25) is 11.8 Å². The van der Waals surface area contributed by atoms with E-state index >= 15 is 0 Å². The maximum absolute atomic E-state index is 12.4. The maximum Gasteiger partial charge on any atom is 0.228 e. The molecule has 6 aromatic carbocycles. The maximum atomic E-state index is 12.4. The fraction of sp³-hybridized carbons (Fsp3) is 0.0455. The summed E-state index contributed by atoms with van der Waals surface area (Å²) in [5.41, 5.74) is 9.01. The largest absolute Gasteiger partial charge is 0.326 e. The predicted octanol–water partition coefficient (Wildman–Crippen LogP) is 8.56. The molecule has 8 nitrogen and oxygen atoms in total. The van der Waals surface area contributed by atoms with E-state index < -0.39 is 0 Å². The van der Waals surface area contributed by atoms with Crippen molar-refractivity contribution in [2.24, 2.45) is 0 Å². The van der Waals surface area contributed by atoms with E-state index in [0.717, 1.165) is 33.4 Å². The van der Waals surface area contributed by atoms with Crippen molar-refractivity contribution in [2.75, 3.05) is 10.6 Å². The summed E-state index contributed by atoms with van der Waals surface area (Å²) in [6, 6.07) is 51.9. The summed E-state index contributed by atoms with van der Waals surface area (Å²) >= 11 is 0. The number of nitrogens with zero attached hydrogens (tertiary/aromatic N) is 4. The van der Waals surface area contributed by atoms with Gasteiger partial charge < -0.3 is 10.6 Å². The van der Waals surface area contributed by atoms with E-state index in [0.29, 0.717) is 33.6 Å². The minimum absolute atomic E-state index is 0.140. The first-order valence-corrected chi connectivity index (χ1v) is 16.2. The van der Waals surface area contributed by atoms with Gasteiger partial charge in [-0.1, -0.05) is 78.9 Å². The minimum Gasteiger partial charge on any atom is -0.326 e. The molecular formula is C44H30N6O2. The van der Waals surface area contributed by atoms with Crippen molar-refractivity contribution < 1.29 is 9.59 Å². The molecule has 0 aliphatic carbocycles. The van der Waals surface area contributed by atoms with Crippen molar-refractivity contribution in [3.05, 3.63) is 179 Å².